The molecule has 1 saturated heterocycles. The van der Waals surface area contributed by atoms with E-state index in [1.807, 2.05) is 0 Å². The number of piperazine rings is 1. The molecule has 9 heteroatoms. The maximum atomic E-state index is 12.6. The number of ether oxygens (including phenoxy) is 1. The normalized spacial score (nSPS) is 13.8. The summed E-state index contributed by atoms with van der Waals surface area (Å²) in [5.41, 5.74) is 1.54. The number of anilines is 2. The van der Waals surface area contributed by atoms with Crippen LogP contribution in [0.25, 0.3) is 0 Å². The van der Waals surface area contributed by atoms with Crippen LogP contribution in [0.5, 0.6) is 0 Å². The number of nitrogens with zero attached hydrogens (tertiary/aromatic N) is 4. The van der Waals surface area contributed by atoms with Crippen molar-refractivity contribution in [2.75, 3.05) is 38.6 Å². The van der Waals surface area contributed by atoms with E-state index in [2.05, 4.69) is 20.0 Å². The van der Waals surface area contributed by atoms with Crippen LogP contribution >= 0.6 is 0 Å². The van der Waals surface area contributed by atoms with Crippen LogP contribution in [0.1, 0.15) is 27.6 Å². The van der Waals surface area contributed by atoms with Gasteiger partial charge in [0.05, 0.1) is 18.2 Å². The number of carbonyl (C=O) groups excluding carboxylic acids is 3. The maximum Gasteiger partial charge on any atom is 0.337 e. The Morgan fingerprint density at radius 1 is 0.929 bits per heavy atom. The average Bonchev–Trinajstić information content (AvgIpc) is 2.74. The molecule has 1 fully saturated rings. The summed E-state index contributed by atoms with van der Waals surface area (Å²) < 4.78 is 4.66. The molecule has 3 rings (SSSR count). The van der Waals surface area contributed by atoms with E-state index >= 15 is 0 Å². The van der Waals surface area contributed by atoms with Crippen molar-refractivity contribution in [1.29, 1.82) is 0 Å². The molecule has 1 aromatic carbocycles. The van der Waals surface area contributed by atoms with Crippen molar-refractivity contribution in [2.45, 2.75) is 6.92 Å². The van der Waals surface area contributed by atoms with Crippen LogP contribution < -0.4 is 5.32 Å². The number of aromatic nitrogens is 2. The molecule has 2 heterocycles. The Kier molecular flexibility index (Phi) is 5.83. The Labute approximate surface area is 162 Å². The third kappa shape index (κ3) is 4.43. The highest BCUT2D eigenvalue weighted by molar-refractivity contribution is 5.94. The van der Waals surface area contributed by atoms with Gasteiger partial charge in [-0.05, 0) is 24.3 Å². The van der Waals surface area contributed by atoms with Gasteiger partial charge in [0.2, 0.25) is 11.9 Å². The van der Waals surface area contributed by atoms with Crippen molar-refractivity contribution in [2.24, 2.45) is 0 Å². The fourth-order valence-electron chi connectivity index (χ4n) is 2.85. The molecule has 0 spiro atoms. The molecule has 2 aromatic rings. The molecular formula is C19H21N5O4. The third-order valence-electron chi connectivity index (χ3n) is 4.47. The lowest BCUT2D eigenvalue weighted by atomic mass is 10.2. The van der Waals surface area contributed by atoms with Crippen molar-refractivity contribution in [3.05, 3.63) is 47.8 Å². The first kappa shape index (κ1) is 19.3. The number of methoxy groups -OCH3 is 1. The first-order valence-corrected chi connectivity index (χ1v) is 8.80. The van der Waals surface area contributed by atoms with Gasteiger partial charge in [-0.2, -0.15) is 0 Å². The SMILES string of the molecule is COC(=O)c1ccc(Nc2ncc(C(=O)N3CCN(C(C)=O)CC3)cn2)cc1. The number of benzene rings is 1. The molecule has 9 nitrogen and oxygen atoms in total. The molecule has 0 radical (unpaired) electrons. The van der Waals surface area contributed by atoms with Crippen molar-refractivity contribution in [3.8, 4) is 0 Å². The third-order valence-corrected chi connectivity index (χ3v) is 4.47. The van der Waals surface area contributed by atoms with Gasteiger partial charge in [0, 0.05) is 51.2 Å². The van der Waals surface area contributed by atoms with Crippen LogP contribution in [0.4, 0.5) is 11.6 Å². The lowest BCUT2D eigenvalue weighted by Crippen LogP contribution is -2.50. The molecule has 146 valence electrons. The number of hydrogen-bond donors (Lipinski definition) is 1. The van der Waals surface area contributed by atoms with E-state index in [4.69, 9.17) is 0 Å². The van der Waals surface area contributed by atoms with Crippen molar-refractivity contribution >= 4 is 29.4 Å². The highest BCUT2D eigenvalue weighted by Crippen LogP contribution is 2.15. The van der Waals surface area contributed by atoms with Crippen LogP contribution in [0.15, 0.2) is 36.7 Å². The van der Waals surface area contributed by atoms with Crippen LogP contribution in [0, 0.1) is 0 Å². The second kappa shape index (κ2) is 8.47. The quantitative estimate of drug-likeness (QED) is 0.794. The summed E-state index contributed by atoms with van der Waals surface area (Å²) in [6.07, 6.45) is 2.94. The highest BCUT2D eigenvalue weighted by Gasteiger charge is 2.23. The summed E-state index contributed by atoms with van der Waals surface area (Å²) in [6.45, 7) is 3.57. The summed E-state index contributed by atoms with van der Waals surface area (Å²) >= 11 is 0. The number of carbonyl (C=O) groups is 3. The van der Waals surface area contributed by atoms with Crippen LogP contribution in [-0.2, 0) is 9.53 Å². The van der Waals surface area contributed by atoms with E-state index in [0.717, 1.165) is 0 Å². The second-order valence-corrected chi connectivity index (χ2v) is 6.29. The molecule has 2 amide bonds. The van der Waals surface area contributed by atoms with Crippen LogP contribution in [0.3, 0.4) is 0 Å². The first-order chi connectivity index (χ1) is 13.5. The first-order valence-electron chi connectivity index (χ1n) is 8.80. The molecule has 1 N–H and O–H groups in total. The van der Waals surface area contributed by atoms with E-state index in [1.165, 1.54) is 26.4 Å². The van der Waals surface area contributed by atoms with Crippen LogP contribution in [-0.4, -0.2) is 70.8 Å². The Bertz CT molecular complexity index is 859. The van der Waals surface area contributed by atoms with Gasteiger partial charge in [0.15, 0.2) is 0 Å². The summed E-state index contributed by atoms with van der Waals surface area (Å²) in [7, 11) is 1.33. The Hall–Kier alpha value is -3.49. The molecule has 0 aliphatic carbocycles. The van der Waals surface area contributed by atoms with Gasteiger partial charge in [-0.1, -0.05) is 0 Å². The van der Waals surface area contributed by atoms with Gasteiger partial charge in [0.25, 0.3) is 5.91 Å². The molecule has 0 atom stereocenters. The number of esters is 1. The van der Waals surface area contributed by atoms with Crippen LogP contribution in [0.2, 0.25) is 0 Å². The van der Waals surface area contributed by atoms with Gasteiger partial charge in [0.1, 0.15) is 0 Å². The van der Waals surface area contributed by atoms with E-state index < -0.39 is 5.97 Å². The zero-order valence-electron chi connectivity index (χ0n) is 15.7. The van der Waals surface area contributed by atoms with Gasteiger partial charge < -0.3 is 19.9 Å². The second-order valence-electron chi connectivity index (χ2n) is 6.29. The predicted molar refractivity (Wildman–Crippen MR) is 101 cm³/mol. The van der Waals surface area contributed by atoms with E-state index in [1.54, 1.807) is 34.1 Å². The van der Waals surface area contributed by atoms with Crippen molar-refractivity contribution in [1.82, 2.24) is 19.8 Å². The molecule has 0 saturated carbocycles. The fraction of sp³-hybridized carbons (Fsp3) is 0.316. The molecule has 0 bridgehead atoms. The summed E-state index contributed by atoms with van der Waals surface area (Å²) in [5, 5.41) is 3.01. The van der Waals surface area contributed by atoms with E-state index in [0.29, 0.717) is 48.9 Å². The molecule has 0 unspecified atom stereocenters. The van der Waals surface area contributed by atoms with Gasteiger partial charge in [-0.15, -0.1) is 0 Å². The number of rotatable bonds is 4. The number of nitrogens with one attached hydrogen (secondary N) is 1. The number of amides is 2. The lowest BCUT2D eigenvalue weighted by Gasteiger charge is -2.34. The Morgan fingerprint density at radius 2 is 1.50 bits per heavy atom. The minimum Gasteiger partial charge on any atom is -0.465 e. The highest BCUT2D eigenvalue weighted by atomic mass is 16.5. The maximum absolute atomic E-state index is 12.6. The lowest BCUT2D eigenvalue weighted by molar-refractivity contribution is -0.130. The molecule has 1 aliphatic rings. The van der Waals surface area contributed by atoms with Gasteiger partial charge >= 0.3 is 5.97 Å². The summed E-state index contributed by atoms with van der Waals surface area (Å²) in [5.74, 6) is -0.207. The molecule has 1 aliphatic heterocycles. The zero-order valence-corrected chi connectivity index (χ0v) is 15.7. The molecular weight excluding hydrogens is 362 g/mol. The summed E-state index contributed by atoms with van der Waals surface area (Å²) in [4.78, 5) is 47.1. The number of hydrogen-bond acceptors (Lipinski definition) is 7. The fourth-order valence-corrected chi connectivity index (χ4v) is 2.85. The smallest absolute Gasteiger partial charge is 0.337 e. The predicted octanol–water partition coefficient (Wildman–Crippen LogP) is 1.31. The Morgan fingerprint density at radius 3 is 2.04 bits per heavy atom. The van der Waals surface area contributed by atoms with E-state index in [-0.39, 0.29) is 11.8 Å². The van der Waals surface area contributed by atoms with Gasteiger partial charge in [-0.3, -0.25) is 9.59 Å². The average molecular weight is 383 g/mol. The van der Waals surface area contributed by atoms with E-state index in [9.17, 15) is 14.4 Å². The summed E-state index contributed by atoms with van der Waals surface area (Å²) in [6, 6.07) is 6.69. The largest absolute Gasteiger partial charge is 0.465 e. The van der Waals surface area contributed by atoms with Crippen molar-refractivity contribution < 1.29 is 19.1 Å². The Balaban J connectivity index is 1.59. The standard InChI is InChI=1S/C19H21N5O4/c1-13(25)23-7-9-24(10-8-23)17(26)15-11-20-19(21-12-15)22-16-5-3-14(4-6-16)18(27)28-2/h3-6,11-12H,7-10H2,1-2H3,(H,20,21,22). The molecule has 1 aromatic heterocycles. The topological polar surface area (TPSA) is 105 Å². The zero-order chi connectivity index (χ0) is 20.1. The van der Waals surface area contributed by atoms with Gasteiger partial charge in [-0.25, -0.2) is 14.8 Å². The molecule has 28 heavy (non-hydrogen) atoms. The van der Waals surface area contributed by atoms with Crippen molar-refractivity contribution in [3.63, 3.8) is 0 Å². The minimum atomic E-state index is -0.408. The minimum absolute atomic E-state index is 0.0190. The monoisotopic (exact) mass is 383 g/mol.